The van der Waals surface area contributed by atoms with Crippen molar-refractivity contribution < 1.29 is 14.7 Å². The summed E-state index contributed by atoms with van der Waals surface area (Å²) in [6, 6.07) is 14.7. The van der Waals surface area contributed by atoms with Crippen LogP contribution < -0.4 is 10.6 Å². The molecular weight excluding hydrogens is 342 g/mol. The Morgan fingerprint density at radius 2 is 1.59 bits per heavy atom. The predicted octanol–water partition coefficient (Wildman–Crippen LogP) is 2.28. The van der Waals surface area contributed by atoms with Crippen LogP contribution in [0.15, 0.2) is 48.5 Å². The lowest BCUT2D eigenvalue weighted by molar-refractivity contribution is 0.0697. The van der Waals surface area contributed by atoms with Gasteiger partial charge in [-0.2, -0.15) is 0 Å². The van der Waals surface area contributed by atoms with Gasteiger partial charge in [0, 0.05) is 18.6 Å². The number of carbonyl (C=O) groups is 2. The molecule has 0 fully saturated rings. The zero-order valence-corrected chi connectivity index (χ0v) is 15.7. The molecule has 0 radical (unpaired) electrons. The molecule has 3 rings (SSSR count). The Kier molecular flexibility index (Phi) is 5.46. The van der Waals surface area contributed by atoms with E-state index in [4.69, 9.17) is 5.11 Å². The molecule has 0 aromatic heterocycles. The van der Waals surface area contributed by atoms with Crippen LogP contribution >= 0.6 is 0 Å². The van der Waals surface area contributed by atoms with E-state index in [0.29, 0.717) is 13.1 Å². The summed E-state index contributed by atoms with van der Waals surface area (Å²) < 4.78 is 0. The molecule has 1 aliphatic rings. The van der Waals surface area contributed by atoms with Gasteiger partial charge >= 0.3 is 12.0 Å². The number of hydrogen-bond acceptors (Lipinski definition) is 3. The monoisotopic (exact) mass is 367 g/mol. The summed E-state index contributed by atoms with van der Waals surface area (Å²) in [6.07, 6.45) is 1.82. The Labute approximate surface area is 159 Å². The summed E-state index contributed by atoms with van der Waals surface area (Å²) in [5, 5.41) is 14.7. The number of carboxylic acid groups (broad SMARTS) is 1. The smallest absolute Gasteiger partial charge is 0.335 e. The van der Waals surface area contributed by atoms with Crippen LogP contribution in [-0.4, -0.2) is 48.2 Å². The number of urea groups is 1. The van der Waals surface area contributed by atoms with Crippen LogP contribution in [0, 0.1) is 0 Å². The fourth-order valence-electron chi connectivity index (χ4n) is 3.53. The number of likely N-dealkylation sites (N-methyl/N-ethyl adjacent to an activating group) is 1. The molecule has 27 heavy (non-hydrogen) atoms. The highest BCUT2D eigenvalue weighted by molar-refractivity contribution is 5.87. The van der Waals surface area contributed by atoms with Crippen LogP contribution in [-0.2, 0) is 19.4 Å². The highest BCUT2D eigenvalue weighted by Crippen LogP contribution is 2.32. The highest BCUT2D eigenvalue weighted by Gasteiger charge is 2.39. The average molecular weight is 367 g/mol. The number of carboxylic acids is 1. The number of rotatable bonds is 6. The van der Waals surface area contributed by atoms with Gasteiger partial charge in [0.15, 0.2) is 0 Å². The van der Waals surface area contributed by atoms with Gasteiger partial charge in [-0.15, -0.1) is 0 Å². The molecule has 1 aliphatic carbocycles. The van der Waals surface area contributed by atoms with Gasteiger partial charge < -0.3 is 20.6 Å². The van der Waals surface area contributed by atoms with Gasteiger partial charge in [0.1, 0.15) is 0 Å². The summed E-state index contributed by atoms with van der Waals surface area (Å²) >= 11 is 0. The number of fused-ring (bicyclic) bond motifs is 1. The Morgan fingerprint density at radius 3 is 2.11 bits per heavy atom. The number of nitrogens with one attached hydrogen (secondary N) is 2. The van der Waals surface area contributed by atoms with E-state index in [1.807, 2.05) is 0 Å². The molecule has 6 nitrogen and oxygen atoms in total. The molecule has 2 amide bonds. The molecule has 0 atom stereocenters. The maximum atomic E-state index is 12.3. The van der Waals surface area contributed by atoms with Gasteiger partial charge in [0.25, 0.3) is 0 Å². The van der Waals surface area contributed by atoms with Crippen molar-refractivity contribution in [3.8, 4) is 0 Å². The van der Waals surface area contributed by atoms with Crippen molar-refractivity contribution in [3.63, 3.8) is 0 Å². The van der Waals surface area contributed by atoms with Crippen LogP contribution in [0.5, 0.6) is 0 Å². The molecule has 2 aromatic carbocycles. The largest absolute Gasteiger partial charge is 0.478 e. The first-order valence-electron chi connectivity index (χ1n) is 8.98. The van der Waals surface area contributed by atoms with Crippen LogP contribution in [0.1, 0.15) is 27.0 Å². The van der Waals surface area contributed by atoms with E-state index < -0.39 is 5.97 Å². The molecule has 142 valence electrons. The van der Waals surface area contributed by atoms with Crippen molar-refractivity contribution in [1.29, 1.82) is 0 Å². The number of benzene rings is 2. The zero-order chi connectivity index (χ0) is 19.4. The van der Waals surface area contributed by atoms with Crippen LogP contribution in [0.3, 0.4) is 0 Å². The van der Waals surface area contributed by atoms with E-state index in [9.17, 15) is 9.59 Å². The standard InChI is InChI=1S/C21H25N3O3/c1-24(2)21(11-17-5-3-4-6-18(17)12-21)14-23-20(27)22-13-15-7-9-16(10-8-15)19(25)26/h3-10H,11-14H2,1-2H3,(H,25,26)(H2,22,23,27). The number of nitrogens with zero attached hydrogens (tertiary/aromatic N) is 1. The van der Waals surface area contributed by atoms with Crippen molar-refractivity contribution in [3.05, 3.63) is 70.8 Å². The lowest BCUT2D eigenvalue weighted by Gasteiger charge is -2.36. The first-order valence-corrected chi connectivity index (χ1v) is 8.98. The van der Waals surface area contributed by atoms with Gasteiger partial charge in [-0.3, -0.25) is 0 Å². The molecule has 0 saturated carbocycles. The first kappa shape index (κ1) is 18.9. The summed E-state index contributed by atoms with van der Waals surface area (Å²) in [4.78, 5) is 25.3. The molecule has 0 aliphatic heterocycles. The third kappa shape index (κ3) is 4.28. The van der Waals surface area contributed by atoms with E-state index in [1.54, 1.807) is 12.1 Å². The Bertz CT molecular complexity index is 806. The van der Waals surface area contributed by atoms with Gasteiger partial charge in [-0.05, 0) is 55.8 Å². The van der Waals surface area contributed by atoms with E-state index in [1.165, 1.54) is 23.3 Å². The molecule has 0 saturated heterocycles. The topological polar surface area (TPSA) is 81.7 Å². The van der Waals surface area contributed by atoms with Crippen molar-refractivity contribution in [2.75, 3.05) is 20.6 Å². The lowest BCUT2D eigenvalue weighted by Crippen LogP contribution is -2.54. The quantitative estimate of drug-likeness (QED) is 0.732. The fraction of sp³-hybridized carbons (Fsp3) is 0.333. The van der Waals surface area contributed by atoms with E-state index >= 15 is 0 Å². The second-order valence-electron chi connectivity index (χ2n) is 7.28. The van der Waals surface area contributed by atoms with Crippen LogP contribution in [0.4, 0.5) is 4.79 Å². The maximum Gasteiger partial charge on any atom is 0.335 e. The average Bonchev–Trinajstić information content (AvgIpc) is 3.05. The Hall–Kier alpha value is -2.86. The van der Waals surface area contributed by atoms with Gasteiger partial charge in [-0.1, -0.05) is 36.4 Å². The summed E-state index contributed by atoms with van der Waals surface area (Å²) in [7, 11) is 4.10. The van der Waals surface area contributed by atoms with E-state index in [-0.39, 0.29) is 17.1 Å². The van der Waals surface area contributed by atoms with E-state index in [2.05, 4.69) is 53.9 Å². The minimum absolute atomic E-state index is 0.121. The third-order valence-corrected chi connectivity index (χ3v) is 5.34. The fourth-order valence-corrected chi connectivity index (χ4v) is 3.53. The number of amides is 2. The highest BCUT2D eigenvalue weighted by atomic mass is 16.4. The molecule has 2 aromatic rings. The van der Waals surface area contributed by atoms with Gasteiger partial charge in [0.2, 0.25) is 0 Å². The molecule has 0 unspecified atom stereocenters. The maximum absolute atomic E-state index is 12.3. The lowest BCUT2D eigenvalue weighted by atomic mass is 9.94. The van der Waals surface area contributed by atoms with Crippen molar-refractivity contribution in [2.24, 2.45) is 0 Å². The molecule has 6 heteroatoms. The predicted molar refractivity (Wildman–Crippen MR) is 104 cm³/mol. The van der Waals surface area contributed by atoms with Crippen molar-refractivity contribution in [2.45, 2.75) is 24.9 Å². The number of aromatic carboxylic acids is 1. The van der Waals surface area contributed by atoms with Crippen molar-refractivity contribution >= 4 is 12.0 Å². The van der Waals surface area contributed by atoms with Gasteiger partial charge in [0.05, 0.1) is 5.56 Å². The number of carbonyl (C=O) groups excluding carboxylic acids is 1. The second kappa shape index (κ2) is 7.80. The second-order valence-corrected chi connectivity index (χ2v) is 7.28. The van der Waals surface area contributed by atoms with Crippen LogP contribution in [0.25, 0.3) is 0 Å². The third-order valence-electron chi connectivity index (χ3n) is 5.34. The zero-order valence-electron chi connectivity index (χ0n) is 15.7. The molecule has 3 N–H and O–H groups in total. The normalized spacial score (nSPS) is 14.6. The number of hydrogen-bond donors (Lipinski definition) is 3. The van der Waals surface area contributed by atoms with Gasteiger partial charge in [-0.25, -0.2) is 9.59 Å². The SMILES string of the molecule is CN(C)C1(CNC(=O)NCc2ccc(C(=O)O)cc2)Cc2ccccc2C1. The Morgan fingerprint density at radius 1 is 1.00 bits per heavy atom. The summed E-state index contributed by atoms with van der Waals surface area (Å²) in [5.41, 5.74) is 3.64. The summed E-state index contributed by atoms with van der Waals surface area (Å²) in [5.74, 6) is -0.959. The minimum Gasteiger partial charge on any atom is -0.478 e. The van der Waals surface area contributed by atoms with Crippen LogP contribution in [0.2, 0.25) is 0 Å². The molecular formula is C21H25N3O3. The van der Waals surface area contributed by atoms with E-state index in [0.717, 1.165) is 18.4 Å². The van der Waals surface area contributed by atoms with Crippen molar-refractivity contribution in [1.82, 2.24) is 15.5 Å². The summed E-state index contributed by atoms with van der Waals surface area (Å²) in [6.45, 7) is 0.902. The molecule has 0 spiro atoms. The Balaban J connectivity index is 1.54. The first-order chi connectivity index (χ1) is 12.9. The molecule has 0 heterocycles. The minimum atomic E-state index is -0.959. The molecule has 0 bridgehead atoms.